The molecule has 0 fully saturated rings. The molecule has 4 rings (SSSR count). The molecule has 0 radical (unpaired) electrons. The molecule has 2 aromatic heterocycles. The lowest BCUT2D eigenvalue weighted by Gasteiger charge is -2.17. The van der Waals surface area contributed by atoms with Crippen molar-refractivity contribution in [2.75, 3.05) is 23.5 Å². The van der Waals surface area contributed by atoms with E-state index >= 15 is 0 Å². The minimum atomic E-state index is -3.35. The van der Waals surface area contributed by atoms with E-state index in [0.717, 1.165) is 11.8 Å². The van der Waals surface area contributed by atoms with Gasteiger partial charge in [-0.2, -0.15) is 10.1 Å². The molecule has 0 saturated carbocycles. The molecule has 160 valence electrons. The Bertz CT molecular complexity index is 1400. The number of aryl methyl sites for hydroxylation is 2. The van der Waals surface area contributed by atoms with Crippen LogP contribution in [0.25, 0.3) is 10.9 Å². The predicted octanol–water partition coefficient (Wildman–Crippen LogP) is 4.02. The van der Waals surface area contributed by atoms with Gasteiger partial charge in [0, 0.05) is 30.6 Å². The summed E-state index contributed by atoms with van der Waals surface area (Å²) < 4.78 is 38.2. The molecule has 0 unspecified atom stereocenters. The van der Waals surface area contributed by atoms with Gasteiger partial charge in [-0.3, -0.25) is 5.10 Å². The fraction of sp³-hybridized carbons (Fsp3) is 0.190. The van der Waals surface area contributed by atoms with Gasteiger partial charge in [0.2, 0.25) is 5.95 Å². The van der Waals surface area contributed by atoms with Crippen molar-refractivity contribution in [2.24, 2.45) is 0 Å². The van der Waals surface area contributed by atoms with E-state index in [0.29, 0.717) is 33.8 Å². The van der Waals surface area contributed by atoms with Gasteiger partial charge in [0.15, 0.2) is 21.5 Å². The Balaban J connectivity index is 1.67. The molecule has 2 heterocycles. The van der Waals surface area contributed by atoms with Gasteiger partial charge in [0.1, 0.15) is 11.3 Å². The monoisotopic (exact) mass is 440 g/mol. The molecule has 2 aromatic carbocycles. The molecule has 0 bridgehead atoms. The van der Waals surface area contributed by atoms with E-state index < -0.39 is 9.84 Å². The first kappa shape index (κ1) is 20.7. The molecule has 0 atom stereocenters. The first-order valence-corrected chi connectivity index (χ1v) is 11.3. The molecular weight excluding hydrogens is 419 g/mol. The molecule has 2 N–H and O–H groups in total. The van der Waals surface area contributed by atoms with Crippen LogP contribution in [0.4, 0.5) is 27.7 Å². The molecule has 8 nitrogen and oxygen atoms in total. The zero-order valence-corrected chi connectivity index (χ0v) is 18.2. The van der Waals surface area contributed by atoms with Gasteiger partial charge in [0.05, 0.1) is 4.90 Å². The highest BCUT2D eigenvalue weighted by Gasteiger charge is 2.17. The van der Waals surface area contributed by atoms with E-state index in [-0.39, 0.29) is 16.7 Å². The van der Waals surface area contributed by atoms with Crippen molar-refractivity contribution >= 4 is 44.0 Å². The SMILES string of the molecule is Cc1cc(Nc2nccc(N(C)c3n[nH]c4c(F)c(C)ccc34)n2)cc(S(C)(=O)=O)c1. The maximum absolute atomic E-state index is 14.4. The lowest BCUT2D eigenvalue weighted by molar-refractivity contribution is 0.602. The maximum atomic E-state index is 14.4. The lowest BCUT2D eigenvalue weighted by Crippen LogP contribution is -2.13. The van der Waals surface area contributed by atoms with E-state index in [9.17, 15) is 12.8 Å². The Morgan fingerprint density at radius 1 is 1.13 bits per heavy atom. The molecule has 4 aromatic rings. The van der Waals surface area contributed by atoms with Crippen molar-refractivity contribution in [1.82, 2.24) is 20.2 Å². The van der Waals surface area contributed by atoms with Gasteiger partial charge in [-0.15, -0.1) is 0 Å². The second kappa shape index (κ2) is 7.62. The zero-order chi connectivity index (χ0) is 22.3. The Labute approximate surface area is 179 Å². The molecule has 10 heteroatoms. The number of hydrogen-bond acceptors (Lipinski definition) is 7. The summed E-state index contributed by atoms with van der Waals surface area (Å²) in [5.74, 6) is 1.00. The number of anilines is 4. The van der Waals surface area contributed by atoms with E-state index in [2.05, 4.69) is 25.5 Å². The molecular formula is C21H21FN6O2S. The van der Waals surface area contributed by atoms with Crippen molar-refractivity contribution in [3.8, 4) is 0 Å². The van der Waals surface area contributed by atoms with Crippen LogP contribution in [0.3, 0.4) is 0 Å². The number of nitrogens with zero attached hydrogens (tertiary/aromatic N) is 4. The number of nitrogens with one attached hydrogen (secondary N) is 2. The van der Waals surface area contributed by atoms with Crippen LogP contribution in [0.15, 0.2) is 47.5 Å². The molecule has 0 spiro atoms. The second-order valence-electron chi connectivity index (χ2n) is 7.40. The van der Waals surface area contributed by atoms with Crippen LogP contribution >= 0.6 is 0 Å². The smallest absolute Gasteiger partial charge is 0.229 e. The summed E-state index contributed by atoms with van der Waals surface area (Å²) in [7, 11) is -1.58. The molecule has 0 aliphatic carbocycles. The van der Waals surface area contributed by atoms with Crippen LogP contribution in [0, 0.1) is 19.7 Å². The van der Waals surface area contributed by atoms with E-state index in [1.54, 1.807) is 49.3 Å². The largest absolute Gasteiger partial charge is 0.324 e. The zero-order valence-electron chi connectivity index (χ0n) is 17.4. The maximum Gasteiger partial charge on any atom is 0.229 e. The first-order chi connectivity index (χ1) is 14.6. The topological polar surface area (TPSA) is 104 Å². The molecule has 0 saturated heterocycles. The van der Waals surface area contributed by atoms with Gasteiger partial charge in [0.25, 0.3) is 0 Å². The number of aromatic amines is 1. The normalized spacial score (nSPS) is 11.6. The van der Waals surface area contributed by atoms with Crippen LogP contribution in [0.5, 0.6) is 0 Å². The van der Waals surface area contributed by atoms with Crippen LogP contribution in [-0.4, -0.2) is 41.9 Å². The number of hydrogen-bond donors (Lipinski definition) is 2. The minimum Gasteiger partial charge on any atom is -0.324 e. The quantitative estimate of drug-likeness (QED) is 0.483. The van der Waals surface area contributed by atoms with Crippen molar-refractivity contribution in [3.63, 3.8) is 0 Å². The summed E-state index contributed by atoms with van der Waals surface area (Å²) in [5.41, 5.74) is 2.22. The fourth-order valence-corrected chi connectivity index (χ4v) is 4.01. The van der Waals surface area contributed by atoms with E-state index in [1.165, 1.54) is 6.07 Å². The Morgan fingerprint density at radius 3 is 2.65 bits per heavy atom. The lowest BCUT2D eigenvalue weighted by atomic mass is 10.1. The second-order valence-corrected chi connectivity index (χ2v) is 9.41. The van der Waals surface area contributed by atoms with Crippen LogP contribution in [0.1, 0.15) is 11.1 Å². The van der Waals surface area contributed by atoms with Gasteiger partial charge >= 0.3 is 0 Å². The Hall–Kier alpha value is -3.53. The van der Waals surface area contributed by atoms with Crippen LogP contribution in [0.2, 0.25) is 0 Å². The van der Waals surface area contributed by atoms with E-state index in [4.69, 9.17) is 0 Å². The molecule has 0 aliphatic rings. The average molecular weight is 441 g/mol. The van der Waals surface area contributed by atoms with Crippen molar-refractivity contribution in [3.05, 3.63) is 59.5 Å². The van der Waals surface area contributed by atoms with Crippen LogP contribution in [-0.2, 0) is 9.84 Å². The van der Waals surface area contributed by atoms with Gasteiger partial charge in [-0.25, -0.2) is 17.8 Å². The van der Waals surface area contributed by atoms with Gasteiger partial charge < -0.3 is 10.2 Å². The van der Waals surface area contributed by atoms with E-state index in [1.807, 2.05) is 13.0 Å². The third kappa shape index (κ3) is 4.06. The number of H-pyrrole nitrogens is 1. The first-order valence-electron chi connectivity index (χ1n) is 9.42. The number of aromatic nitrogens is 4. The Morgan fingerprint density at radius 2 is 1.90 bits per heavy atom. The summed E-state index contributed by atoms with van der Waals surface area (Å²) in [4.78, 5) is 10.7. The highest BCUT2D eigenvalue weighted by atomic mass is 32.2. The summed E-state index contributed by atoms with van der Waals surface area (Å²) in [5, 5.41) is 10.7. The van der Waals surface area contributed by atoms with Crippen LogP contribution < -0.4 is 10.2 Å². The predicted molar refractivity (Wildman–Crippen MR) is 118 cm³/mol. The van der Waals surface area contributed by atoms with Crippen molar-refractivity contribution < 1.29 is 12.8 Å². The number of benzene rings is 2. The third-order valence-corrected chi connectivity index (χ3v) is 5.98. The Kier molecular flexibility index (Phi) is 5.10. The molecule has 31 heavy (non-hydrogen) atoms. The summed E-state index contributed by atoms with van der Waals surface area (Å²) >= 11 is 0. The minimum absolute atomic E-state index is 0.212. The number of sulfone groups is 1. The van der Waals surface area contributed by atoms with Crippen molar-refractivity contribution in [1.29, 1.82) is 0 Å². The number of fused-ring (bicyclic) bond motifs is 1. The number of halogens is 1. The third-order valence-electron chi connectivity index (χ3n) is 4.89. The van der Waals surface area contributed by atoms with Crippen molar-refractivity contribution in [2.45, 2.75) is 18.7 Å². The summed E-state index contributed by atoms with van der Waals surface area (Å²) in [6.07, 6.45) is 2.74. The van der Waals surface area contributed by atoms with Gasteiger partial charge in [-0.1, -0.05) is 6.07 Å². The summed E-state index contributed by atoms with van der Waals surface area (Å²) in [6.45, 7) is 3.51. The molecule has 0 aliphatic heterocycles. The summed E-state index contributed by atoms with van der Waals surface area (Å²) in [6, 6.07) is 10.2. The standard InChI is InChI=1S/C21H21FN6O2S/c1-12-9-14(11-15(10-12)31(4,29)30)24-21-23-8-7-17(25-21)28(3)20-16-6-5-13(2)18(22)19(16)26-27-20/h5-11H,1-4H3,(H,26,27)(H,23,24,25). The fourth-order valence-electron chi connectivity index (χ4n) is 3.27. The van der Waals surface area contributed by atoms with Gasteiger partial charge in [-0.05, 0) is 55.3 Å². The highest BCUT2D eigenvalue weighted by Crippen LogP contribution is 2.30. The molecule has 0 amide bonds. The number of rotatable bonds is 5. The highest BCUT2D eigenvalue weighted by molar-refractivity contribution is 7.90. The average Bonchev–Trinajstić information content (AvgIpc) is 3.14.